The van der Waals surface area contributed by atoms with Crippen LogP contribution in [0.2, 0.25) is 0 Å². The van der Waals surface area contributed by atoms with Crippen molar-refractivity contribution in [2.75, 3.05) is 13.7 Å². The van der Waals surface area contributed by atoms with Crippen molar-refractivity contribution in [1.29, 1.82) is 0 Å². The first-order valence-electron chi connectivity index (χ1n) is 9.70. The molecule has 0 amide bonds. The fourth-order valence-corrected chi connectivity index (χ4v) is 2.58. The molecule has 3 aromatic rings. The Bertz CT molecular complexity index is 995. The molecule has 0 N–H and O–H groups in total. The van der Waals surface area contributed by atoms with E-state index in [1.807, 2.05) is 92.7 Å². The molecular formula is C25H25NO4. The molecule has 0 aliphatic heterocycles. The van der Waals surface area contributed by atoms with Gasteiger partial charge in [0.1, 0.15) is 23.0 Å². The highest BCUT2D eigenvalue weighted by Crippen LogP contribution is 2.23. The number of para-hydroxylation sites is 1. The van der Waals surface area contributed by atoms with Crippen LogP contribution in [0.25, 0.3) is 0 Å². The Hall–Kier alpha value is -3.73. The minimum Gasteiger partial charge on any atom is -0.497 e. The van der Waals surface area contributed by atoms with Gasteiger partial charge in [-0.25, -0.2) is 4.99 Å². The van der Waals surface area contributed by atoms with E-state index in [1.165, 1.54) is 0 Å². The Labute approximate surface area is 177 Å². The first-order chi connectivity index (χ1) is 14.7. The largest absolute Gasteiger partial charge is 0.497 e. The topological polar surface area (TPSA) is 49.3 Å². The molecule has 0 saturated carbocycles. The van der Waals surface area contributed by atoms with E-state index in [0.29, 0.717) is 24.0 Å². The minimum absolute atomic E-state index is 0.434. The molecule has 0 saturated heterocycles. The third-order valence-electron chi connectivity index (χ3n) is 4.09. The molecule has 0 unspecified atom stereocenters. The summed E-state index contributed by atoms with van der Waals surface area (Å²) in [6, 6.07) is 24.5. The van der Waals surface area contributed by atoms with Crippen molar-refractivity contribution in [3.05, 3.63) is 90.7 Å². The van der Waals surface area contributed by atoms with Gasteiger partial charge in [-0.1, -0.05) is 24.3 Å². The molecule has 30 heavy (non-hydrogen) atoms. The Morgan fingerprint density at radius 2 is 1.53 bits per heavy atom. The van der Waals surface area contributed by atoms with Crippen LogP contribution in [-0.2, 0) is 0 Å². The fraction of sp³-hybridized carbons (Fsp3) is 0.160. The molecule has 0 bridgehead atoms. The molecule has 0 aromatic heterocycles. The molecule has 154 valence electrons. The number of ether oxygens (including phenoxy) is 4. The van der Waals surface area contributed by atoms with Gasteiger partial charge in [0, 0.05) is 11.6 Å². The molecule has 3 aromatic carbocycles. The van der Waals surface area contributed by atoms with Crippen molar-refractivity contribution < 1.29 is 18.9 Å². The van der Waals surface area contributed by atoms with Crippen LogP contribution < -0.4 is 18.9 Å². The van der Waals surface area contributed by atoms with Gasteiger partial charge in [-0.3, -0.25) is 0 Å². The van der Waals surface area contributed by atoms with Gasteiger partial charge in [-0.15, -0.1) is 0 Å². The molecule has 0 atom stereocenters. The highest BCUT2D eigenvalue weighted by molar-refractivity contribution is 5.96. The van der Waals surface area contributed by atoms with E-state index < -0.39 is 0 Å². The quantitative estimate of drug-likeness (QED) is 0.256. The van der Waals surface area contributed by atoms with Crippen molar-refractivity contribution in [2.24, 2.45) is 4.99 Å². The molecular weight excluding hydrogens is 378 g/mol. The lowest BCUT2D eigenvalue weighted by Gasteiger charge is -2.11. The van der Waals surface area contributed by atoms with E-state index in [0.717, 1.165) is 22.8 Å². The molecule has 0 spiro atoms. The first-order valence-corrected chi connectivity index (χ1v) is 9.70. The second-order valence-electron chi connectivity index (χ2n) is 6.36. The maximum Gasteiger partial charge on any atom is 0.225 e. The molecule has 0 radical (unpaired) electrons. The summed E-state index contributed by atoms with van der Waals surface area (Å²) in [5, 5.41) is 0. The maximum atomic E-state index is 6.09. The number of aliphatic imine (C=N–C) groups is 1. The van der Waals surface area contributed by atoms with Gasteiger partial charge in [-0.2, -0.15) is 0 Å². The SMILES string of the molecule is CCOc1cccc(OC(=Nc2ccccc2)C(C)=COc2ccc(OC)cc2)c1. The standard InChI is InChI=1S/C25H25NO4/c1-4-28-23-11-8-12-24(17-23)30-25(26-20-9-6-5-7-10-20)19(2)18-29-22-15-13-21(27-3)14-16-22/h5-18H,4H2,1-3H3. The van der Waals surface area contributed by atoms with E-state index in [4.69, 9.17) is 18.9 Å². The molecule has 0 aliphatic carbocycles. The lowest BCUT2D eigenvalue weighted by atomic mass is 10.3. The number of hydrogen-bond acceptors (Lipinski definition) is 5. The number of benzene rings is 3. The summed E-state index contributed by atoms with van der Waals surface area (Å²) in [6.07, 6.45) is 1.62. The van der Waals surface area contributed by atoms with Gasteiger partial charge in [0.25, 0.3) is 0 Å². The van der Waals surface area contributed by atoms with Crippen molar-refractivity contribution >= 4 is 11.6 Å². The van der Waals surface area contributed by atoms with Crippen LogP contribution in [0.1, 0.15) is 13.8 Å². The van der Waals surface area contributed by atoms with E-state index in [9.17, 15) is 0 Å². The number of nitrogens with zero attached hydrogens (tertiary/aromatic N) is 1. The Balaban J connectivity index is 1.84. The van der Waals surface area contributed by atoms with E-state index in [-0.39, 0.29) is 0 Å². The summed E-state index contributed by atoms with van der Waals surface area (Å²) in [5.74, 6) is 3.26. The molecule has 0 fully saturated rings. The molecule has 0 heterocycles. The molecule has 3 rings (SSSR count). The second kappa shape index (κ2) is 10.7. The first kappa shape index (κ1) is 21.0. The zero-order valence-corrected chi connectivity index (χ0v) is 17.4. The third kappa shape index (κ3) is 6.14. The summed E-state index contributed by atoms with van der Waals surface area (Å²) >= 11 is 0. The summed E-state index contributed by atoms with van der Waals surface area (Å²) in [6.45, 7) is 4.42. The van der Waals surface area contributed by atoms with Crippen LogP contribution >= 0.6 is 0 Å². The zero-order chi connectivity index (χ0) is 21.2. The fourth-order valence-electron chi connectivity index (χ4n) is 2.58. The van der Waals surface area contributed by atoms with Crippen LogP contribution in [0.3, 0.4) is 0 Å². The average Bonchev–Trinajstić information content (AvgIpc) is 2.78. The van der Waals surface area contributed by atoms with Gasteiger partial charge in [0.2, 0.25) is 5.90 Å². The number of hydrogen-bond donors (Lipinski definition) is 0. The lowest BCUT2D eigenvalue weighted by molar-refractivity contribution is 0.339. The zero-order valence-electron chi connectivity index (χ0n) is 17.4. The molecule has 0 aliphatic rings. The van der Waals surface area contributed by atoms with Crippen molar-refractivity contribution in [3.63, 3.8) is 0 Å². The molecule has 5 heteroatoms. The summed E-state index contributed by atoms with van der Waals surface area (Å²) in [5.41, 5.74) is 1.52. The normalized spacial score (nSPS) is 11.7. The second-order valence-corrected chi connectivity index (χ2v) is 6.36. The molecule has 5 nitrogen and oxygen atoms in total. The predicted octanol–water partition coefficient (Wildman–Crippen LogP) is 6.19. The highest BCUT2D eigenvalue weighted by atomic mass is 16.5. The van der Waals surface area contributed by atoms with Crippen LogP contribution in [-0.4, -0.2) is 19.6 Å². The van der Waals surface area contributed by atoms with Crippen LogP contribution in [0.5, 0.6) is 23.0 Å². The van der Waals surface area contributed by atoms with Crippen molar-refractivity contribution in [1.82, 2.24) is 0 Å². The van der Waals surface area contributed by atoms with Gasteiger partial charge < -0.3 is 18.9 Å². The average molecular weight is 403 g/mol. The van der Waals surface area contributed by atoms with Gasteiger partial charge in [-0.05, 0) is 62.4 Å². The smallest absolute Gasteiger partial charge is 0.225 e. The third-order valence-corrected chi connectivity index (χ3v) is 4.09. The van der Waals surface area contributed by atoms with E-state index >= 15 is 0 Å². The Kier molecular flexibility index (Phi) is 7.50. The Morgan fingerprint density at radius 1 is 0.833 bits per heavy atom. The van der Waals surface area contributed by atoms with E-state index in [2.05, 4.69) is 4.99 Å². The minimum atomic E-state index is 0.434. The summed E-state index contributed by atoms with van der Waals surface area (Å²) in [4.78, 5) is 4.65. The number of methoxy groups -OCH3 is 1. The predicted molar refractivity (Wildman–Crippen MR) is 119 cm³/mol. The lowest BCUT2D eigenvalue weighted by Crippen LogP contribution is -2.11. The highest BCUT2D eigenvalue weighted by Gasteiger charge is 2.09. The maximum absolute atomic E-state index is 6.09. The number of rotatable bonds is 8. The summed E-state index contributed by atoms with van der Waals surface area (Å²) in [7, 11) is 1.63. The van der Waals surface area contributed by atoms with Crippen LogP contribution in [0.15, 0.2) is 95.7 Å². The van der Waals surface area contributed by atoms with Crippen molar-refractivity contribution in [3.8, 4) is 23.0 Å². The summed E-state index contributed by atoms with van der Waals surface area (Å²) < 4.78 is 22.6. The Morgan fingerprint density at radius 3 is 2.23 bits per heavy atom. The monoisotopic (exact) mass is 403 g/mol. The van der Waals surface area contributed by atoms with E-state index in [1.54, 1.807) is 13.4 Å². The van der Waals surface area contributed by atoms with Crippen LogP contribution in [0.4, 0.5) is 5.69 Å². The van der Waals surface area contributed by atoms with Gasteiger partial charge in [0.15, 0.2) is 0 Å². The van der Waals surface area contributed by atoms with Crippen molar-refractivity contribution in [2.45, 2.75) is 13.8 Å². The van der Waals surface area contributed by atoms with Gasteiger partial charge >= 0.3 is 0 Å². The van der Waals surface area contributed by atoms with Crippen LogP contribution in [0, 0.1) is 0 Å². The van der Waals surface area contributed by atoms with Gasteiger partial charge in [0.05, 0.1) is 25.7 Å².